The Hall–Kier alpha value is -4.74. The van der Waals surface area contributed by atoms with Crippen molar-refractivity contribution in [2.75, 3.05) is 16.8 Å². The molecule has 1 heterocycles. The van der Waals surface area contributed by atoms with E-state index in [4.69, 9.17) is 15.2 Å². The van der Waals surface area contributed by atoms with Crippen molar-refractivity contribution in [2.45, 2.75) is 80.0 Å². The molecule has 0 saturated carbocycles. The smallest absolute Gasteiger partial charge is 0.409 e. The molecule has 250 valence electrons. The number of hydrogen-bond donors (Lipinski definition) is 4. The Balaban J connectivity index is 2.22. The van der Waals surface area contributed by atoms with Crippen molar-refractivity contribution in [1.29, 1.82) is 10.5 Å². The van der Waals surface area contributed by atoms with Crippen LogP contribution in [-0.4, -0.2) is 68.5 Å². The van der Waals surface area contributed by atoms with Gasteiger partial charge in [-0.05, 0) is 65.8 Å². The van der Waals surface area contributed by atoms with Crippen LogP contribution in [0.2, 0.25) is 0 Å². The lowest BCUT2D eigenvalue weighted by molar-refractivity contribution is -0.158. The van der Waals surface area contributed by atoms with E-state index in [9.17, 15) is 43.6 Å². The quantitative estimate of drug-likeness (QED) is 0.130. The number of thioether (sulfide) groups is 2. The molecule has 5 N–H and O–H groups in total. The number of esters is 1. The van der Waals surface area contributed by atoms with Crippen molar-refractivity contribution in [2.24, 2.45) is 0 Å². The number of nitrogens with two attached hydrogens (primary N) is 1. The molecule has 0 bridgehead atoms. The Morgan fingerprint density at radius 2 is 1.64 bits per heavy atom. The van der Waals surface area contributed by atoms with E-state index in [1.165, 1.54) is 20.8 Å². The first-order valence-corrected chi connectivity index (χ1v) is 15.7. The van der Waals surface area contributed by atoms with Gasteiger partial charge in [0.05, 0.1) is 16.8 Å². The van der Waals surface area contributed by atoms with Crippen LogP contribution in [0.1, 0.15) is 52.7 Å². The number of nitrogen functional groups attached to an aromatic ring is 1. The zero-order valence-electron chi connectivity index (χ0n) is 26.1. The van der Waals surface area contributed by atoms with Gasteiger partial charge in [0.15, 0.2) is 6.04 Å². The number of halogens is 2. The second-order valence-corrected chi connectivity index (χ2v) is 14.3. The number of amides is 3. The van der Waals surface area contributed by atoms with Crippen LogP contribution in [0.25, 0.3) is 0 Å². The molecule has 1 unspecified atom stereocenters. The van der Waals surface area contributed by atoms with Gasteiger partial charge in [0.2, 0.25) is 5.91 Å². The molecule has 2 aromatic rings. The summed E-state index contributed by atoms with van der Waals surface area (Å²) in [5, 5.41) is 32.1. The highest BCUT2D eigenvalue weighted by Gasteiger charge is 2.46. The Labute approximate surface area is 277 Å². The molecule has 3 rings (SSSR count). The molecule has 13 nitrogen and oxygen atoms in total. The Morgan fingerprint density at radius 1 is 1.06 bits per heavy atom. The number of carbonyl (C=O) groups is 4. The van der Waals surface area contributed by atoms with Crippen LogP contribution < -0.4 is 16.4 Å². The van der Waals surface area contributed by atoms with Gasteiger partial charge >= 0.3 is 18.2 Å². The van der Waals surface area contributed by atoms with Gasteiger partial charge < -0.3 is 30.9 Å². The fourth-order valence-electron chi connectivity index (χ4n) is 4.17. The number of carboxylic acid groups (broad SMARTS) is 1. The number of carbonyl (C=O) groups excluding carboxylic acids is 3. The van der Waals surface area contributed by atoms with Crippen LogP contribution in [0, 0.1) is 34.3 Å². The summed E-state index contributed by atoms with van der Waals surface area (Å²) in [6.45, 7) is 9.24. The lowest BCUT2D eigenvalue weighted by atomic mass is 10.1. The molecule has 0 aliphatic carbocycles. The summed E-state index contributed by atoms with van der Waals surface area (Å²) in [5.74, 6) is -4.24. The van der Waals surface area contributed by atoms with E-state index in [2.05, 4.69) is 10.6 Å². The molecule has 1 aliphatic heterocycles. The van der Waals surface area contributed by atoms with Gasteiger partial charge in [0, 0.05) is 21.2 Å². The molecule has 2 aromatic carbocycles. The first kappa shape index (κ1) is 36.7. The summed E-state index contributed by atoms with van der Waals surface area (Å²) >= 11 is 1.40. The first-order chi connectivity index (χ1) is 21.7. The molecule has 0 radical (unpaired) electrons. The fraction of sp³-hybridized carbons (Fsp3) is 0.400. The summed E-state index contributed by atoms with van der Waals surface area (Å²) in [7, 11) is 0. The summed E-state index contributed by atoms with van der Waals surface area (Å²) in [6, 6.07) is 3.78. The SMILES string of the molecule is CC(C)(C)OC(=O)N[C@H](C(=O)OC(C)(C)C)C(Sc1cc(F)c(C#N)cc1N)N(C(=O)O)[C@H]1CSc2cc(F)c(C#N)cc2NC1=O. The number of hydrogen-bond acceptors (Lipinski definition) is 11. The van der Waals surface area contributed by atoms with Crippen LogP contribution in [0.4, 0.5) is 29.7 Å². The van der Waals surface area contributed by atoms with E-state index in [0.717, 1.165) is 36.0 Å². The number of ether oxygens (including phenoxy) is 2. The molecular formula is C30H32F2N6O7S2. The molecule has 47 heavy (non-hydrogen) atoms. The van der Waals surface area contributed by atoms with Gasteiger partial charge in [-0.2, -0.15) is 10.5 Å². The monoisotopic (exact) mass is 690 g/mol. The summed E-state index contributed by atoms with van der Waals surface area (Å²) in [4.78, 5) is 54.1. The van der Waals surface area contributed by atoms with Crippen molar-refractivity contribution in [3.63, 3.8) is 0 Å². The number of nitrogens with one attached hydrogen (secondary N) is 2. The number of nitriles is 2. The molecule has 17 heteroatoms. The average Bonchev–Trinajstić information content (AvgIpc) is 3.08. The maximum atomic E-state index is 14.8. The zero-order chi connectivity index (χ0) is 35.4. The van der Waals surface area contributed by atoms with Crippen LogP contribution in [0.5, 0.6) is 0 Å². The Morgan fingerprint density at radius 3 is 2.19 bits per heavy atom. The number of fused-ring (bicyclic) bond motifs is 1. The summed E-state index contributed by atoms with van der Waals surface area (Å²) in [6.07, 6.45) is -2.89. The minimum absolute atomic E-state index is 0.0453. The second-order valence-electron chi connectivity index (χ2n) is 12.1. The van der Waals surface area contributed by atoms with Crippen molar-refractivity contribution in [3.05, 3.63) is 47.0 Å². The minimum atomic E-state index is -1.89. The van der Waals surface area contributed by atoms with Crippen LogP contribution in [0.15, 0.2) is 34.1 Å². The van der Waals surface area contributed by atoms with Gasteiger partial charge in [-0.1, -0.05) is 11.8 Å². The number of nitrogens with zero attached hydrogens (tertiary/aromatic N) is 3. The van der Waals surface area contributed by atoms with Gasteiger partial charge in [0.1, 0.15) is 46.4 Å². The summed E-state index contributed by atoms with van der Waals surface area (Å²) < 4.78 is 40.1. The van der Waals surface area contributed by atoms with Gasteiger partial charge in [-0.15, -0.1) is 11.8 Å². The van der Waals surface area contributed by atoms with E-state index >= 15 is 0 Å². The highest BCUT2D eigenvalue weighted by molar-refractivity contribution is 8.00. The van der Waals surface area contributed by atoms with Gasteiger partial charge in [0.25, 0.3) is 0 Å². The van der Waals surface area contributed by atoms with E-state index in [-0.39, 0.29) is 32.5 Å². The minimum Gasteiger partial charge on any atom is -0.465 e. The summed E-state index contributed by atoms with van der Waals surface area (Å²) in [5.41, 5.74) is 3.01. The first-order valence-electron chi connectivity index (χ1n) is 13.8. The van der Waals surface area contributed by atoms with E-state index in [1.54, 1.807) is 32.9 Å². The number of alkyl carbamates (subject to hydrolysis) is 1. The lowest BCUT2D eigenvalue weighted by Crippen LogP contribution is -2.61. The Bertz CT molecular complexity index is 1680. The molecule has 3 amide bonds. The second kappa shape index (κ2) is 14.4. The van der Waals surface area contributed by atoms with E-state index in [1.807, 2.05) is 0 Å². The Kier molecular flexibility index (Phi) is 11.2. The average molecular weight is 691 g/mol. The van der Waals surface area contributed by atoms with Crippen LogP contribution >= 0.6 is 23.5 Å². The van der Waals surface area contributed by atoms with Crippen LogP contribution in [-0.2, 0) is 19.1 Å². The standard InChI is InChI=1S/C30H32F2N6O7S2/c1-29(2,3)44-26(40)23(37-27(41)45-30(4,5)6)25(47-21-9-16(31)14(11-33)7-18(21)35)38(28(42)43)20-13-46-22-10-17(32)15(12-34)8-19(22)36-24(20)39/h7-10,20,23,25H,13,35H2,1-6H3,(H,36,39)(H,37,41)(H,42,43)/t20-,23-,25?/m0/s1. The molecule has 0 spiro atoms. The predicted octanol–water partition coefficient (Wildman–Crippen LogP) is 5.04. The maximum Gasteiger partial charge on any atom is 0.409 e. The third kappa shape index (κ3) is 9.40. The molecule has 0 fully saturated rings. The molecular weight excluding hydrogens is 658 g/mol. The highest BCUT2D eigenvalue weighted by Crippen LogP contribution is 2.39. The van der Waals surface area contributed by atoms with Gasteiger partial charge in [-0.3, -0.25) is 9.69 Å². The topological polar surface area (TPSA) is 208 Å². The molecule has 0 saturated heterocycles. The zero-order valence-corrected chi connectivity index (χ0v) is 27.8. The molecule has 1 aliphatic rings. The number of benzene rings is 2. The van der Waals surface area contributed by atoms with Crippen molar-refractivity contribution < 1.29 is 42.5 Å². The normalized spacial score (nSPS) is 15.8. The number of rotatable bonds is 7. The number of anilines is 2. The fourth-order valence-corrected chi connectivity index (χ4v) is 6.56. The highest BCUT2D eigenvalue weighted by atomic mass is 32.2. The maximum absolute atomic E-state index is 14.8. The third-order valence-corrected chi connectivity index (χ3v) is 8.54. The van der Waals surface area contributed by atoms with Crippen molar-refractivity contribution >= 4 is 59.0 Å². The van der Waals surface area contributed by atoms with Crippen molar-refractivity contribution in [3.8, 4) is 12.1 Å². The van der Waals surface area contributed by atoms with E-state index in [0.29, 0.717) is 16.7 Å². The van der Waals surface area contributed by atoms with E-state index < -0.39 is 69.9 Å². The molecule has 3 atom stereocenters. The van der Waals surface area contributed by atoms with Crippen LogP contribution in [0.3, 0.4) is 0 Å². The van der Waals surface area contributed by atoms with Gasteiger partial charge in [-0.25, -0.2) is 23.2 Å². The largest absolute Gasteiger partial charge is 0.465 e. The third-order valence-electron chi connectivity index (χ3n) is 6.06. The van der Waals surface area contributed by atoms with Crippen molar-refractivity contribution in [1.82, 2.24) is 10.2 Å². The lowest BCUT2D eigenvalue weighted by Gasteiger charge is -2.38. The predicted molar refractivity (Wildman–Crippen MR) is 168 cm³/mol. The molecule has 0 aromatic heterocycles.